The summed E-state index contributed by atoms with van der Waals surface area (Å²) in [5.41, 5.74) is 3.45. The molecule has 0 amide bonds. The lowest BCUT2D eigenvalue weighted by atomic mass is 10.0. The van der Waals surface area contributed by atoms with Crippen LogP contribution in [0.15, 0.2) is 16.5 Å². The predicted octanol–water partition coefficient (Wildman–Crippen LogP) is 4.60. The number of aryl methyl sites for hydroxylation is 2. The van der Waals surface area contributed by atoms with E-state index < -0.39 is 0 Å². The van der Waals surface area contributed by atoms with Crippen LogP contribution < -0.4 is 5.32 Å². The van der Waals surface area contributed by atoms with Gasteiger partial charge in [-0.2, -0.15) is 0 Å². The Bertz CT molecular complexity index is 598. The third-order valence-corrected chi connectivity index (χ3v) is 3.97. The Balaban J connectivity index is 2.03. The lowest BCUT2D eigenvalue weighted by Crippen LogP contribution is -2.15. The van der Waals surface area contributed by atoms with Gasteiger partial charge in [0.15, 0.2) is 0 Å². The summed E-state index contributed by atoms with van der Waals surface area (Å²) in [6, 6.07) is 4.72. The molecule has 1 fully saturated rings. The maximum Gasteiger partial charge on any atom is 0.137 e. The summed E-state index contributed by atoms with van der Waals surface area (Å²) in [5, 5.41) is 5.53. The monoisotopic (exact) mass is 277 g/mol. The molecular formula is C16H20ClNO. The Morgan fingerprint density at radius 1 is 1.37 bits per heavy atom. The van der Waals surface area contributed by atoms with E-state index in [2.05, 4.69) is 19.2 Å². The van der Waals surface area contributed by atoms with Gasteiger partial charge in [0, 0.05) is 22.0 Å². The Hall–Kier alpha value is -0.990. The molecule has 1 aromatic heterocycles. The van der Waals surface area contributed by atoms with Gasteiger partial charge in [0.25, 0.3) is 0 Å². The molecule has 0 aliphatic heterocycles. The molecule has 19 heavy (non-hydrogen) atoms. The van der Waals surface area contributed by atoms with Crippen LogP contribution in [0.5, 0.6) is 0 Å². The summed E-state index contributed by atoms with van der Waals surface area (Å²) in [6.45, 7) is 5.10. The van der Waals surface area contributed by atoms with Crippen molar-refractivity contribution in [2.45, 2.75) is 52.1 Å². The molecule has 3 heteroatoms. The first kappa shape index (κ1) is 13.0. The molecule has 1 aliphatic rings. The van der Waals surface area contributed by atoms with Crippen LogP contribution in [0.2, 0.25) is 5.02 Å². The quantitative estimate of drug-likeness (QED) is 0.864. The predicted molar refractivity (Wildman–Crippen MR) is 79.8 cm³/mol. The number of rotatable bonds is 5. The molecule has 0 unspecified atom stereocenters. The number of fused-ring (bicyclic) bond motifs is 1. The average molecular weight is 278 g/mol. The zero-order valence-corrected chi connectivity index (χ0v) is 12.3. The second-order valence-corrected chi connectivity index (χ2v) is 5.94. The summed E-state index contributed by atoms with van der Waals surface area (Å²) in [7, 11) is 0. The first-order valence-electron chi connectivity index (χ1n) is 7.12. The highest BCUT2D eigenvalue weighted by Crippen LogP contribution is 2.32. The molecule has 2 nitrogen and oxygen atoms in total. The molecule has 102 valence electrons. The maximum atomic E-state index is 6.19. The number of hydrogen-bond donors (Lipinski definition) is 1. The van der Waals surface area contributed by atoms with E-state index in [0.717, 1.165) is 41.3 Å². The molecule has 0 radical (unpaired) electrons. The molecule has 0 spiro atoms. The lowest BCUT2D eigenvalue weighted by Gasteiger charge is -2.03. The van der Waals surface area contributed by atoms with E-state index >= 15 is 0 Å². The third-order valence-electron chi connectivity index (χ3n) is 3.76. The van der Waals surface area contributed by atoms with E-state index in [1.54, 1.807) is 0 Å². The standard InChI is InChI=1S/C16H20ClNO/c1-3-4-13-14-8-11(17)7-10(2)16(14)19-15(13)9-18-12-5-6-12/h7-8,12,18H,3-6,9H2,1-2H3. The molecular weight excluding hydrogens is 258 g/mol. The highest BCUT2D eigenvalue weighted by atomic mass is 35.5. The van der Waals surface area contributed by atoms with Gasteiger partial charge in [-0.15, -0.1) is 0 Å². The summed E-state index contributed by atoms with van der Waals surface area (Å²) in [4.78, 5) is 0. The number of nitrogens with one attached hydrogen (secondary N) is 1. The molecule has 2 aromatic rings. The summed E-state index contributed by atoms with van der Waals surface area (Å²) in [6.07, 6.45) is 4.77. The SMILES string of the molecule is CCCc1c(CNC2CC2)oc2c(C)cc(Cl)cc12. The van der Waals surface area contributed by atoms with E-state index in [-0.39, 0.29) is 0 Å². The van der Waals surface area contributed by atoms with Crippen molar-refractivity contribution in [2.75, 3.05) is 0 Å². The average Bonchev–Trinajstić information content (AvgIpc) is 3.13. The van der Waals surface area contributed by atoms with Crippen molar-refractivity contribution >= 4 is 22.6 Å². The van der Waals surface area contributed by atoms with Crippen molar-refractivity contribution in [2.24, 2.45) is 0 Å². The molecule has 1 saturated carbocycles. The minimum atomic E-state index is 0.701. The van der Waals surface area contributed by atoms with E-state index in [0.29, 0.717) is 6.04 Å². The van der Waals surface area contributed by atoms with Crippen molar-refractivity contribution in [1.29, 1.82) is 0 Å². The van der Waals surface area contributed by atoms with Crippen molar-refractivity contribution in [3.63, 3.8) is 0 Å². The zero-order valence-electron chi connectivity index (χ0n) is 11.6. The van der Waals surface area contributed by atoms with E-state index in [1.165, 1.54) is 23.8 Å². The van der Waals surface area contributed by atoms with Crippen LogP contribution in [0, 0.1) is 6.92 Å². The Kier molecular flexibility index (Phi) is 3.55. The summed E-state index contributed by atoms with van der Waals surface area (Å²) in [5.74, 6) is 1.09. The number of halogens is 1. The van der Waals surface area contributed by atoms with E-state index in [1.807, 2.05) is 12.1 Å². The zero-order chi connectivity index (χ0) is 13.4. The summed E-state index contributed by atoms with van der Waals surface area (Å²) >= 11 is 6.19. The highest BCUT2D eigenvalue weighted by molar-refractivity contribution is 6.31. The van der Waals surface area contributed by atoms with Gasteiger partial charge >= 0.3 is 0 Å². The van der Waals surface area contributed by atoms with Gasteiger partial charge < -0.3 is 9.73 Å². The molecule has 0 bridgehead atoms. The van der Waals surface area contributed by atoms with Crippen LogP contribution >= 0.6 is 11.6 Å². The fraction of sp³-hybridized carbons (Fsp3) is 0.500. The third kappa shape index (κ3) is 2.65. The first-order valence-corrected chi connectivity index (χ1v) is 7.50. The number of furan rings is 1. The van der Waals surface area contributed by atoms with Gasteiger partial charge in [-0.1, -0.05) is 24.9 Å². The summed E-state index contributed by atoms with van der Waals surface area (Å²) < 4.78 is 6.09. The van der Waals surface area contributed by atoms with Crippen molar-refractivity contribution in [1.82, 2.24) is 5.32 Å². The Morgan fingerprint density at radius 3 is 2.84 bits per heavy atom. The molecule has 1 N–H and O–H groups in total. The largest absolute Gasteiger partial charge is 0.459 e. The van der Waals surface area contributed by atoms with E-state index in [9.17, 15) is 0 Å². The second kappa shape index (κ2) is 5.18. The fourth-order valence-electron chi connectivity index (χ4n) is 2.62. The van der Waals surface area contributed by atoms with Crippen LogP contribution in [0.25, 0.3) is 11.0 Å². The smallest absolute Gasteiger partial charge is 0.137 e. The molecule has 1 aliphatic carbocycles. The van der Waals surface area contributed by atoms with Crippen molar-refractivity contribution < 1.29 is 4.42 Å². The van der Waals surface area contributed by atoms with Crippen molar-refractivity contribution in [3.8, 4) is 0 Å². The fourth-order valence-corrected chi connectivity index (χ4v) is 2.89. The molecule has 1 heterocycles. The van der Waals surface area contributed by atoms with Crippen LogP contribution in [0.3, 0.4) is 0 Å². The lowest BCUT2D eigenvalue weighted by molar-refractivity contribution is 0.504. The van der Waals surface area contributed by atoms with Gasteiger partial charge in [-0.25, -0.2) is 0 Å². The van der Waals surface area contributed by atoms with Crippen LogP contribution in [-0.2, 0) is 13.0 Å². The van der Waals surface area contributed by atoms with Crippen LogP contribution in [0.1, 0.15) is 43.1 Å². The Labute approximate surface area is 119 Å². The second-order valence-electron chi connectivity index (χ2n) is 5.51. The Morgan fingerprint density at radius 2 is 2.16 bits per heavy atom. The minimum Gasteiger partial charge on any atom is -0.459 e. The number of hydrogen-bond acceptors (Lipinski definition) is 2. The molecule has 1 aromatic carbocycles. The minimum absolute atomic E-state index is 0.701. The van der Waals surface area contributed by atoms with Crippen LogP contribution in [-0.4, -0.2) is 6.04 Å². The molecule has 3 rings (SSSR count). The van der Waals surface area contributed by atoms with Gasteiger partial charge in [0.1, 0.15) is 11.3 Å². The van der Waals surface area contributed by atoms with Crippen molar-refractivity contribution in [3.05, 3.63) is 34.0 Å². The highest BCUT2D eigenvalue weighted by Gasteiger charge is 2.22. The van der Waals surface area contributed by atoms with Gasteiger partial charge in [0.05, 0.1) is 6.54 Å². The first-order chi connectivity index (χ1) is 9.19. The van der Waals surface area contributed by atoms with Crippen LogP contribution in [0.4, 0.5) is 0 Å². The van der Waals surface area contributed by atoms with Gasteiger partial charge in [-0.3, -0.25) is 0 Å². The normalized spacial score (nSPS) is 15.3. The molecule has 0 atom stereocenters. The van der Waals surface area contributed by atoms with Gasteiger partial charge in [0.2, 0.25) is 0 Å². The maximum absolute atomic E-state index is 6.19. The topological polar surface area (TPSA) is 25.2 Å². The molecule has 0 saturated heterocycles. The number of benzene rings is 1. The van der Waals surface area contributed by atoms with E-state index in [4.69, 9.17) is 16.0 Å². The van der Waals surface area contributed by atoms with Gasteiger partial charge in [-0.05, 0) is 43.9 Å².